The van der Waals surface area contributed by atoms with Gasteiger partial charge in [-0.05, 0) is 50.4 Å². The summed E-state index contributed by atoms with van der Waals surface area (Å²) in [6.45, 7) is -1.13. The second-order valence-corrected chi connectivity index (χ2v) is 5.30. The first-order valence-electron chi connectivity index (χ1n) is 7.29. The zero-order valence-corrected chi connectivity index (χ0v) is 12.1. The van der Waals surface area contributed by atoms with Gasteiger partial charge in [-0.2, -0.15) is 8.78 Å². The number of amides is 1. The van der Waals surface area contributed by atoms with Crippen molar-refractivity contribution in [2.75, 3.05) is 18.4 Å². The van der Waals surface area contributed by atoms with E-state index in [1.54, 1.807) is 0 Å². The molecule has 0 aliphatic carbocycles. The second kappa shape index (κ2) is 8.03. The molecule has 0 atom stereocenters. The molecule has 1 saturated heterocycles. The summed E-state index contributed by atoms with van der Waals surface area (Å²) < 4.78 is 41.6. The number of anilines is 1. The molecule has 0 radical (unpaired) electrons. The highest BCUT2D eigenvalue weighted by Crippen LogP contribution is 2.23. The number of hydrogen-bond donors (Lipinski definition) is 2. The highest BCUT2D eigenvalue weighted by atomic mass is 19.3. The number of rotatable bonds is 6. The minimum absolute atomic E-state index is 0.208. The molecule has 1 fully saturated rings. The van der Waals surface area contributed by atoms with Crippen molar-refractivity contribution in [3.63, 3.8) is 0 Å². The van der Waals surface area contributed by atoms with Gasteiger partial charge in [0, 0.05) is 18.2 Å². The van der Waals surface area contributed by atoms with Gasteiger partial charge in [0.1, 0.15) is 0 Å². The lowest BCUT2D eigenvalue weighted by atomic mass is 9.93. The number of piperidine rings is 1. The van der Waals surface area contributed by atoms with E-state index in [9.17, 15) is 18.0 Å². The van der Waals surface area contributed by atoms with Crippen LogP contribution in [0.3, 0.4) is 0 Å². The molecule has 22 heavy (non-hydrogen) atoms. The van der Waals surface area contributed by atoms with Crippen molar-refractivity contribution in [3.05, 3.63) is 24.0 Å². The average Bonchev–Trinajstić information content (AvgIpc) is 2.49. The number of nitrogens with one attached hydrogen (secondary N) is 2. The highest BCUT2D eigenvalue weighted by molar-refractivity contribution is 5.90. The van der Waals surface area contributed by atoms with Crippen LogP contribution in [0.5, 0.6) is 5.75 Å². The Balaban J connectivity index is 1.82. The topological polar surface area (TPSA) is 50.4 Å². The fourth-order valence-corrected chi connectivity index (χ4v) is 2.50. The third-order valence-corrected chi connectivity index (χ3v) is 3.67. The molecule has 7 heteroatoms. The Morgan fingerprint density at radius 1 is 1.36 bits per heavy atom. The SMILES string of the molecule is O=C(CCC1CCNCC1)Nc1ccc(OC(F)F)c(F)c1. The van der Waals surface area contributed by atoms with E-state index in [4.69, 9.17) is 0 Å². The summed E-state index contributed by atoms with van der Waals surface area (Å²) in [6.07, 6.45) is 3.27. The molecule has 2 N–H and O–H groups in total. The van der Waals surface area contributed by atoms with Crippen molar-refractivity contribution >= 4 is 11.6 Å². The fraction of sp³-hybridized carbons (Fsp3) is 0.533. The van der Waals surface area contributed by atoms with Gasteiger partial charge in [-0.3, -0.25) is 4.79 Å². The van der Waals surface area contributed by atoms with Gasteiger partial charge in [-0.15, -0.1) is 0 Å². The number of benzene rings is 1. The predicted octanol–water partition coefficient (Wildman–Crippen LogP) is 3.15. The Morgan fingerprint density at radius 3 is 2.73 bits per heavy atom. The lowest BCUT2D eigenvalue weighted by Gasteiger charge is -2.22. The molecule has 0 spiro atoms. The largest absolute Gasteiger partial charge is 0.432 e. The first-order chi connectivity index (χ1) is 10.5. The average molecular weight is 316 g/mol. The minimum Gasteiger partial charge on any atom is -0.432 e. The van der Waals surface area contributed by atoms with Crippen molar-refractivity contribution in [3.8, 4) is 5.75 Å². The Labute approximate surface area is 127 Å². The third-order valence-electron chi connectivity index (χ3n) is 3.67. The molecule has 0 aromatic heterocycles. The third kappa shape index (κ3) is 5.22. The molecule has 0 unspecified atom stereocenters. The normalized spacial score (nSPS) is 15.8. The number of hydrogen-bond acceptors (Lipinski definition) is 3. The van der Waals surface area contributed by atoms with Crippen molar-refractivity contribution < 1.29 is 22.7 Å². The van der Waals surface area contributed by atoms with Gasteiger partial charge in [0.25, 0.3) is 0 Å². The summed E-state index contributed by atoms with van der Waals surface area (Å²) in [5, 5.41) is 5.82. The van der Waals surface area contributed by atoms with Gasteiger partial charge in [-0.25, -0.2) is 4.39 Å². The van der Waals surface area contributed by atoms with Crippen LogP contribution >= 0.6 is 0 Å². The standard InChI is InChI=1S/C15H19F3N2O2/c16-12-9-11(2-3-13(12)22-15(17)18)20-14(21)4-1-10-5-7-19-8-6-10/h2-3,9-10,15,19H,1,4-8H2,(H,20,21). The Hall–Kier alpha value is -1.76. The van der Waals surface area contributed by atoms with Crippen LogP contribution < -0.4 is 15.4 Å². The van der Waals surface area contributed by atoms with E-state index in [2.05, 4.69) is 15.4 Å². The number of carbonyl (C=O) groups excluding carboxylic acids is 1. The van der Waals surface area contributed by atoms with Crippen molar-refractivity contribution in [1.29, 1.82) is 0 Å². The van der Waals surface area contributed by atoms with E-state index in [-0.39, 0.29) is 11.6 Å². The van der Waals surface area contributed by atoms with E-state index in [1.165, 1.54) is 6.07 Å². The molecule has 1 amide bonds. The maximum absolute atomic E-state index is 13.5. The molecule has 122 valence electrons. The molecule has 2 rings (SSSR count). The molecule has 1 aliphatic rings. The van der Waals surface area contributed by atoms with E-state index in [0.29, 0.717) is 12.3 Å². The summed E-state index contributed by atoms with van der Waals surface area (Å²) in [7, 11) is 0. The quantitative estimate of drug-likeness (QED) is 0.848. The molecular formula is C15H19F3N2O2. The monoisotopic (exact) mass is 316 g/mol. The molecule has 0 saturated carbocycles. The van der Waals surface area contributed by atoms with Gasteiger partial charge >= 0.3 is 6.61 Å². The van der Waals surface area contributed by atoms with Crippen LogP contribution in [0.25, 0.3) is 0 Å². The first kappa shape index (κ1) is 16.6. The van der Waals surface area contributed by atoms with Crippen LogP contribution in [-0.4, -0.2) is 25.6 Å². The number of ether oxygens (including phenoxy) is 1. The lowest BCUT2D eigenvalue weighted by Crippen LogP contribution is -2.28. The Kier molecular flexibility index (Phi) is 6.06. The summed E-state index contributed by atoms with van der Waals surface area (Å²) in [5.41, 5.74) is 0.231. The fourth-order valence-electron chi connectivity index (χ4n) is 2.50. The van der Waals surface area contributed by atoms with Gasteiger partial charge in [0.15, 0.2) is 11.6 Å². The van der Waals surface area contributed by atoms with Crippen molar-refractivity contribution in [1.82, 2.24) is 5.32 Å². The lowest BCUT2D eigenvalue weighted by molar-refractivity contribution is -0.116. The van der Waals surface area contributed by atoms with Gasteiger partial charge in [0.2, 0.25) is 5.91 Å². The summed E-state index contributed by atoms with van der Waals surface area (Å²) in [5.74, 6) is -1.15. The van der Waals surface area contributed by atoms with Crippen molar-refractivity contribution in [2.45, 2.75) is 32.3 Å². The summed E-state index contributed by atoms with van der Waals surface area (Å²) >= 11 is 0. The summed E-state index contributed by atoms with van der Waals surface area (Å²) in [6, 6.07) is 3.38. The van der Waals surface area contributed by atoms with E-state index in [0.717, 1.165) is 44.5 Å². The van der Waals surface area contributed by atoms with Crippen LogP contribution in [-0.2, 0) is 4.79 Å². The zero-order chi connectivity index (χ0) is 15.9. The van der Waals surface area contributed by atoms with Crippen LogP contribution in [0, 0.1) is 11.7 Å². The van der Waals surface area contributed by atoms with Crippen molar-refractivity contribution in [2.24, 2.45) is 5.92 Å². The van der Waals surface area contributed by atoms with Crippen LogP contribution in [0.2, 0.25) is 0 Å². The van der Waals surface area contributed by atoms with Crippen LogP contribution in [0.15, 0.2) is 18.2 Å². The van der Waals surface area contributed by atoms with E-state index < -0.39 is 18.2 Å². The Morgan fingerprint density at radius 2 is 2.09 bits per heavy atom. The van der Waals surface area contributed by atoms with Crippen LogP contribution in [0.1, 0.15) is 25.7 Å². The molecule has 1 aromatic rings. The molecule has 1 aliphatic heterocycles. The van der Waals surface area contributed by atoms with Crippen LogP contribution in [0.4, 0.5) is 18.9 Å². The number of alkyl halides is 2. The maximum atomic E-state index is 13.5. The van der Waals surface area contributed by atoms with Gasteiger partial charge in [-0.1, -0.05) is 0 Å². The second-order valence-electron chi connectivity index (χ2n) is 5.30. The van der Waals surface area contributed by atoms with E-state index in [1.807, 2.05) is 0 Å². The molecule has 1 heterocycles. The maximum Gasteiger partial charge on any atom is 0.387 e. The zero-order valence-electron chi connectivity index (χ0n) is 12.1. The van der Waals surface area contributed by atoms with Gasteiger partial charge < -0.3 is 15.4 Å². The Bertz CT molecular complexity index is 506. The predicted molar refractivity (Wildman–Crippen MR) is 76.5 cm³/mol. The minimum atomic E-state index is -3.08. The highest BCUT2D eigenvalue weighted by Gasteiger charge is 2.15. The molecular weight excluding hydrogens is 297 g/mol. The summed E-state index contributed by atoms with van der Waals surface area (Å²) in [4.78, 5) is 11.8. The first-order valence-corrected chi connectivity index (χ1v) is 7.29. The smallest absolute Gasteiger partial charge is 0.387 e. The molecule has 4 nitrogen and oxygen atoms in total. The van der Waals surface area contributed by atoms with Gasteiger partial charge in [0.05, 0.1) is 0 Å². The number of carbonyl (C=O) groups is 1. The number of halogens is 3. The molecule has 1 aromatic carbocycles. The van der Waals surface area contributed by atoms with E-state index >= 15 is 0 Å². The molecule has 0 bridgehead atoms.